The molecule has 2 N–H and O–H groups in total. The van der Waals surface area contributed by atoms with Crippen LogP contribution in [0.4, 0.5) is 47.1 Å². The van der Waals surface area contributed by atoms with Crippen LogP contribution in [-0.2, 0) is 9.59 Å². The number of carbonyl (C=O) groups is 2. The number of anilines is 1. The van der Waals surface area contributed by atoms with Crippen molar-refractivity contribution in [1.82, 2.24) is 15.2 Å². The minimum absolute atomic E-state index is 0.0700. The van der Waals surface area contributed by atoms with Gasteiger partial charge in [0.1, 0.15) is 28.5 Å². The van der Waals surface area contributed by atoms with E-state index in [0.29, 0.717) is 17.2 Å². The number of hydrogen-bond donors (Lipinski definition) is 2. The van der Waals surface area contributed by atoms with Gasteiger partial charge in [0.2, 0.25) is 11.8 Å². The van der Waals surface area contributed by atoms with Crippen LogP contribution in [0.5, 0.6) is 0 Å². The third-order valence-electron chi connectivity index (χ3n) is 7.46. The first-order chi connectivity index (χ1) is 20.4. The molecule has 1 saturated carbocycles. The first-order valence-electron chi connectivity index (χ1n) is 13.1. The van der Waals surface area contributed by atoms with Crippen molar-refractivity contribution in [2.45, 2.75) is 73.6 Å². The zero-order valence-electron chi connectivity index (χ0n) is 23.1. The molecule has 0 radical (unpaired) electrons. The molecule has 2 aromatic rings. The maximum atomic E-state index is 15.5. The summed E-state index contributed by atoms with van der Waals surface area (Å²) in [4.78, 5) is 28.9. The van der Waals surface area contributed by atoms with E-state index in [9.17, 15) is 52.6 Å². The summed E-state index contributed by atoms with van der Waals surface area (Å²) in [6.45, 7) is 0.662. The first-order valence-corrected chi connectivity index (χ1v) is 15.1. The second-order valence-corrected chi connectivity index (χ2v) is 13.7. The fourth-order valence-corrected chi connectivity index (χ4v) is 6.03. The maximum Gasteiger partial charge on any atom is 0.310 e. The molecule has 8 nitrogen and oxygen atoms in total. The third kappa shape index (κ3) is 7.54. The molecule has 1 aliphatic heterocycles. The molecule has 1 aromatic carbocycles. The Hall–Kier alpha value is -3.79. The standard InChI is InChI=1S/C26H25F10N5O3S/c1-25(44)9-20(40(12-25)13-37)24(43)41(22-18(28)7-17(8-19(22)29)45(32,33,34,35)36)21(14-6-15(27)11-38-10-14)23(42)39-16-2-4-26(30,31)5-3-16/h6-8,10-11,16,20-21,44H,2-5,9,12H2,1H3,(H,39,42). The van der Waals surface area contributed by atoms with Crippen LogP contribution in [0.3, 0.4) is 0 Å². The lowest BCUT2D eigenvalue weighted by Crippen LogP contribution is -2.52. The summed E-state index contributed by atoms with van der Waals surface area (Å²) in [5.41, 5.74) is -4.16. The summed E-state index contributed by atoms with van der Waals surface area (Å²) in [5.74, 6) is -12.0. The molecule has 3 atom stereocenters. The van der Waals surface area contributed by atoms with Gasteiger partial charge < -0.3 is 10.4 Å². The van der Waals surface area contributed by atoms with E-state index in [0.717, 1.165) is 6.20 Å². The van der Waals surface area contributed by atoms with Gasteiger partial charge in [0.25, 0.3) is 5.91 Å². The van der Waals surface area contributed by atoms with E-state index in [-0.39, 0.29) is 17.7 Å². The Balaban J connectivity index is 1.93. The predicted octanol–water partition coefficient (Wildman–Crippen LogP) is 6.23. The van der Waals surface area contributed by atoms with Crippen LogP contribution < -0.4 is 10.2 Å². The van der Waals surface area contributed by atoms with Gasteiger partial charge in [-0.3, -0.25) is 24.4 Å². The van der Waals surface area contributed by atoms with E-state index in [4.69, 9.17) is 0 Å². The van der Waals surface area contributed by atoms with Crippen LogP contribution in [0.25, 0.3) is 0 Å². The highest BCUT2D eigenvalue weighted by Crippen LogP contribution is 3.02. The van der Waals surface area contributed by atoms with Gasteiger partial charge in [0, 0.05) is 37.1 Å². The zero-order valence-corrected chi connectivity index (χ0v) is 23.9. The number of nitriles is 1. The molecule has 2 amide bonds. The highest BCUT2D eigenvalue weighted by molar-refractivity contribution is 8.45. The fraction of sp³-hybridized carbons (Fsp3) is 0.462. The third-order valence-corrected chi connectivity index (χ3v) is 8.59. The molecule has 2 aliphatic rings. The van der Waals surface area contributed by atoms with Gasteiger partial charge >= 0.3 is 10.2 Å². The van der Waals surface area contributed by atoms with E-state index in [2.05, 4.69) is 10.3 Å². The van der Waals surface area contributed by atoms with Crippen LogP contribution in [0, 0.1) is 28.9 Å². The average Bonchev–Trinajstić information content (AvgIpc) is 3.21. The minimum atomic E-state index is -10.7. The Labute approximate surface area is 249 Å². The Morgan fingerprint density at radius 3 is 2.18 bits per heavy atom. The molecule has 19 heteroatoms. The van der Waals surface area contributed by atoms with E-state index in [1.807, 2.05) is 0 Å². The van der Waals surface area contributed by atoms with Gasteiger partial charge in [-0.2, -0.15) is 5.26 Å². The molecule has 3 unspecified atom stereocenters. The molecule has 1 saturated heterocycles. The lowest BCUT2D eigenvalue weighted by atomic mass is 9.91. The molecule has 1 aliphatic carbocycles. The topological polar surface area (TPSA) is 110 Å². The number of likely N-dealkylation sites (tertiary alicyclic amines) is 1. The number of alkyl halides is 2. The van der Waals surface area contributed by atoms with Crippen molar-refractivity contribution in [3.05, 3.63) is 53.6 Å². The van der Waals surface area contributed by atoms with Crippen LogP contribution in [-0.4, -0.2) is 57.0 Å². The molecule has 2 fully saturated rings. The number of carbonyl (C=O) groups excluding carboxylic acids is 2. The molecule has 0 bridgehead atoms. The van der Waals surface area contributed by atoms with Gasteiger partial charge in [-0.05, 0) is 38.0 Å². The molecule has 4 rings (SSSR count). The maximum absolute atomic E-state index is 15.5. The number of nitrogens with zero attached hydrogens (tertiary/aromatic N) is 4. The molecule has 248 valence electrons. The van der Waals surface area contributed by atoms with Crippen LogP contribution >= 0.6 is 10.2 Å². The number of aliphatic hydroxyl groups is 1. The van der Waals surface area contributed by atoms with Crippen molar-refractivity contribution >= 4 is 27.7 Å². The summed E-state index contributed by atoms with van der Waals surface area (Å²) in [7, 11) is -10.7. The molecule has 2 heterocycles. The van der Waals surface area contributed by atoms with Crippen LogP contribution in [0.1, 0.15) is 50.6 Å². The van der Waals surface area contributed by atoms with Gasteiger partial charge in [-0.15, -0.1) is 0 Å². The second-order valence-electron chi connectivity index (χ2n) is 11.3. The first kappa shape index (κ1) is 34.1. The zero-order chi connectivity index (χ0) is 33.8. The molecule has 0 spiro atoms. The Bertz CT molecular complexity index is 1540. The molecular weight excluding hydrogens is 652 g/mol. The van der Waals surface area contributed by atoms with Gasteiger partial charge in [-0.1, -0.05) is 19.4 Å². The number of aromatic nitrogens is 1. The normalized spacial score (nSPS) is 24.2. The summed E-state index contributed by atoms with van der Waals surface area (Å²) in [6.07, 6.45) is 0.359. The monoisotopic (exact) mass is 677 g/mol. The van der Waals surface area contributed by atoms with E-state index in [1.165, 1.54) is 6.92 Å². The lowest BCUT2D eigenvalue weighted by Gasteiger charge is -2.41. The average molecular weight is 678 g/mol. The number of rotatable bonds is 7. The highest BCUT2D eigenvalue weighted by Gasteiger charge is 2.66. The highest BCUT2D eigenvalue weighted by atomic mass is 32.5. The predicted molar refractivity (Wildman–Crippen MR) is 139 cm³/mol. The van der Waals surface area contributed by atoms with Crippen molar-refractivity contribution in [2.24, 2.45) is 0 Å². The van der Waals surface area contributed by atoms with Crippen molar-refractivity contribution < 1.29 is 56.1 Å². The van der Waals surface area contributed by atoms with E-state index >= 15 is 8.78 Å². The Kier molecular flexibility index (Phi) is 8.06. The second kappa shape index (κ2) is 10.6. The van der Waals surface area contributed by atoms with E-state index < -0.39 is 123 Å². The fourth-order valence-electron chi connectivity index (χ4n) is 5.38. The lowest BCUT2D eigenvalue weighted by molar-refractivity contribution is -0.129. The SMILES string of the molecule is CC1(O)CC(C(=O)N(c2c(F)cc(S(F)(F)(F)(F)F)cc2F)C(C(=O)NC2CCC(F)(F)CC2)c2cncc(F)c2)N(C#N)C1. The number of nitrogens with one attached hydrogen (secondary N) is 1. The smallest absolute Gasteiger partial charge is 0.310 e. The quantitative estimate of drug-likeness (QED) is 0.266. The summed E-state index contributed by atoms with van der Waals surface area (Å²) >= 11 is 0. The van der Waals surface area contributed by atoms with Crippen molar-refractivity contribution in [1.29, 1.82) is 5.26 Å². The minimum Gasteiger partial charge on any atom is -0.388 e. The van der Waals surface area contributed by atoms with Crippen molar-refractivity contribution in [3.8, 4) is 6.19 Å². The Morgan fingerprint density at radius 2 is 1.67 bits per heavy atom. The number of amides is 2. The van der Waals surface area contributed by atoms with Gasteiger partial charge in [-0.25, -0.2) is 22.0 Å². The van der Waals surface area contributed by atoms with Crippen molar-refractivity contribution in [2.75, 3.05) is 11.4 Å². The largest absolute Gasteiger partial charge is 0.388 e. The number of pyridine rings is 1. The Morgan fingerprint density at radius 1 is 1.09 bits per heavy atom. The summed E-state index contributed by atoms with van der Waals surface area (Å²) < 4.78 is 140. The van der Waals surface area contributed by atoms with Gasteiger partial charge in [0.05, 0.1) is 18.3 Å². The van der Waals surface area contributed by atoms with Gasteiger partial charge in [0.15, 0.2) is 17.8 Å². The van der Waals surface area contributed by atoms with E-state index in [1.54, 1.807) is 6.19 Å². The van der Waals surface area contributed by atoms with Crippen molar-refractivity contribution in [3.63, 3.8) is 0 Å². The molecule has 1 aromatic heterocycles. The number of halogens is 10. The number of benzene rings is 1. The molecule has 45 heavy (non-hydrogen) atoms. The van der Waals surface area contributed by atoms with Crippen LogP contribution in [0.15, 0.2) is 35.5 Å². The molecular formula is C26H25F10N5O3S. The van der Waals surface area contributed by atoms with Crippen LogP contribution in [0.2, 0.25) is 0 Å². The number of β-amino-alcohol motifs (C(OH)–C–C–N with tert-alkyl or cyclic N) is 1. The number of hydrogen-bond acceptors (Lipinski definition) is 6. The summed E-state index contributed by atoms with van der Waals surface area (Å²) in [6, 6.07) is -6.21. The summed E-state index contributed by atoms with van der Waals surface area (Å²) in [5, 5.41) is 22.4.